The lowest BCUT2D eigenvalue weighted by Gasteiger charge is -2.07. The second-order valence-corrected chi connectivity index (χ2v) is 8.18. The highest BCUT2D eigenvalue weighted by Crippen LogP contribution is 2.22. The highest BCUT2D eigenvalue weighted by molar-refractivity contribution is 7.94. The van der Waals surface area contributed by atoms with Crippen LogP contribution in [0.2, 0.25) is 0 Å². The van der Waals surface area contributed by atoms with Crippen molar-refractivity contribution in [2.45, 2.75) is 17.7 Å². The van der Waals surface area contributed by atoms with E-state index >= 15 is 0 Å². The molecular weight excluding hydrogens is 346 g/mol. The molecule has 0 saturated carbocycles. The van der Waals surface area contributed by atoms with Gasteiger partial charge >= 0.3 is 0 Å². The molecule has 0 aromatic carbocycles. The van der Waals surface area contributed by atoms with Crippen LogP contribution in [0.1, 0.15) is 10.4 Å². The van der Waals surface area contributed by atoms with E-state index in [9.17, 15) is 8.42 Å². The van der Waals surface area contributed by atoms with E-state index in [0.717, 1.165) is 10.4 Å². The summed E-state index contributed by atoms with van der Waals surface area (Å²) in [7, 11) is -3.62. The number of aromatic nitrogens is 3. The summed E-state index contributed by atoms with van der Waals surface area (Å²) in [5.74, 6) is 0.734. The highest BCUT2D eigenvalue weighted by atomic mass is 32.2. The molecule has 0 unspecified atom stereocenters. The first kappa shape index (κ1) is 16.3. The van der Waals surface area contributed by atoms with Crippen LogP contribution in [0.15, 0.2) is 53.0 Å². The van der Waals surface area contributed by atoms with Gasteiger partial charge in [0.2, 0.25) is 0 Å². The molecule has 124 valence electrons. The molecule has 0 saturated heterocycles. The van der Waals surface area contributed by atoms with E-state index in [2.05, 4.69) is 25.2 Å². The molecule has 3 aromatic heterocycles. The summed E-state index contributed by atoms with van der Waals surface area (Å²) in [6.45, 7) is 2.43. The van der Waals surface area contributed by atoms with Crippen molar-refractivity contribution < 1.29 is 8.42 Å². The van der Waals surface area contributed by atoms with E-state index in [-0.39, 0.29) is 10.0 Å². The average molecular weight is 361 g/mol. The Hall–Kier alpha value is -2.52. The topological polar surface area (TPSA) is 96.9 Å². The minimum Gasteiger partial charge on any atom is -0.365 e. The van der Waals surface area contributed by atoms with E-state index in [1.807, 2.05) is 19.1 Å². The van der Waals surface area contributed by atoms with Gasteiger partial charge in [-0.1, -0.05) is 0 Å². The van der Waals surface area contributed by atoms with E-state index in [4.69, 9.17) is 0 Å². The molecule has 0 spiro atoms. The molecular formula is C15H15N5O2S2. The molecule has 0 aliphatic heterocycles. The third kappa shape index (κ3) is 4.06. The Kier molecular flexibility index (Phi) is 4.72. The number of nitrogens with zero attached hydrogens (tertiary/aromatic N) is 3. The van der Waals surface area contributed by atoms with Crippen LogP contribution in [-0.2, 0) is 16.6 Å². The monoisotopic (exact) mass is 361 g/mol. The molecule has 3 rings (SSSR count). The fraction of sp³-hybridized carbons (Fsp3) is 0.133. The van der Waals surface area contributed by atoms with Gasteiger partial charge in [0.1, 0.15) is 10.0 Å². The van der Waals surface area contributed by atoms with Crippen LogP contribution in [0.25, 0.3) is 0 Å². The van der Waals surface area contributed by atoms with Gasteiger partial charge < -0.3 is 5.32 Å². The predicted octanol–water partition coefficient (Wildman–Crippen LogP) is 2.65. The van der Waals surface area contributed by atoms with Gasteiger partial charge in [0.25, 0.3) is 10.0 Å². The first-order chi connectivity index (χ1) is 11.5. The SMILES string of the molecule is Cc1ccc(S(=O)(=O)Nc2ccc(NCc3ccncc3)nn2)s1. The molecule has 0 aliphatic rings. The lowest BCUT2D eigenvalue weighted by atomic mass is 10.3. The number of nitrogens with one attached hydrogen (secondary N) is 2. The van der Waals surface area contributed by atoms with Crippen molar-refractivity contribution in [3.63, 3.8) is 0 Å². The largest absolute Gasteiger partial charge is 0.365 e. The Morgan fingerprint density at radius 2 is 1.71 bits per heavy atom. The van der Waals surface area contributed by atoms with Crippen molar-refractivity contribution in [2.24, 2.45) is 0 Å². The fourth-order valence-electron chi connectivity index (χ4n) is 1.92. The molecule has 0 bridgehead atoms. The summed E-state index contributed by atoms with van der Waals surface area (Å²) in [6.07, 6.45) is 3.43. The molecule has 7 nitrogen and oxygen atoms in total. The third-order valence-corrected chi connectivity index (χ3v) is 5.95. The van der Waals surface area contributed by atoms with Crippen LogP contribution in [0, 0.1) is 6.92 Å². The number of aryl methyl sites for hydroxylation is 1. The molecule has 9 heteroatoms. The molecule has 3 heterocycles. The van der Waals surface area contributed by atoms with Crippen LogP contribution < -0.4 is 10.0 Å². The Balaban J connectivity index is 1.64. The standard InChI is InChI=1S/C15H15N5O2S2/c1-11-2-5-15(23-11)24(21,22)20-14-4-3-13(18-19-14)17-10-12-6-8-16-9-7-12/h2-9H,10H2,1H3,(H,17,18)(H,19,20). The predicted molar refractivity (Wildman–Crippen MR) is 93.5 cm³/mol. The summed E-state index contributed by atoms with van der Waals surface area (Å²) >= 11 is 1.21. The van der Waals surface area contributed by atoms with Crippen molar-refractivity contribution in [3.05, 3.63) is 59.2 Å². The van der Waals surface area contributed by atoms with E-state index < -0.39 is 10.0 Å². The fourth-order valence-corrected chi connectivity index (χ4v) is 4.20. The summed E-state index contributed by atoms with van der Waals surface area (Å²) in [6, 6.07) is 10.4. The first-order valence-electron chi connectivity index (χ1n) is 7.09. The number of thiophene rings is 1. The van der Waals surface area contributed by atoms with Crippen LogP contribution in [0.4, 0.5) is 11.6 Å². The zero-order chi connectivity index (χ0) is 17.0. The number of sulfonamides is 1. The smallest absolute Gasteiger partial charge is 0.272 e. The maximum Gasteiger partial charge on any atom is 0.272 e. The molecule has 0 amide bonds. The van der Waals surface area contributed by atoms with Gasteiger partial charge in [0, 0.05) is 23.8 Å². The first-order valence-corrected chi connectivity index (χ1v) is 9.39. The minimum absolute atomic E-state index is 0.176. The lowest BCUT2D eigenvalue weighted by molar-refractivity contribution is 0.603. The molecule has 0 fully saturated rings. The minimum atomic E-state index is -3.62. The normalized spacial score (nSPS) is 11.2. The summed E-state index contributed by atoms with van der Waals surface area (Å²) in [5.41, 5.74) is 1.06. The second-order valence-electron chi connectivity index (χ2n) is 4.98. The van der Waals surface area contributed by atoms with Crippen molar-refractivity contribution in [3.8, 4) is 0 Å². The third-order valence-electron chi connectivity index (χ3n) is 3.11. The van der Waals surface area contributed by atoms with E-state index in [0.29, 0.717) is 12.4 Å². The molecule has 3 aromatic rings. The number of anilines is 2. The molecule has 24 heavy (non-hydrogen) atoms. The van der Waals surface area contributed by atoms with Crippen LogP contribution >= 0.6 is 11.3 Å². The Morgan fingerprint density at radius 3 is 2.33 bits per heavy atom. The number of rotatable bonds is 6. The maximum atomic E-state index is 12.2. The summed E-state index contributed by atoms with van der Waals surface area (Å²) in [4.78, 5) is 4.88. The Bertz CT molecular complexity index is 909. The quantitative estimate of drug-likeness (QED) is 0.701. The molecule has 0 atom stereocenters. The van der Waals surface area contributed by atoms with Crippen molar-refractivity contribution in [1.82, 2.24) is 15.2 Å². The average Bonchev–Trinajstić information content (AvgIpc) is 3.02. The lowest BCUT2D eigenvalue weighted by Crippen LogP contribution is -2.13. The van der Waals surface area contributed by atoms with E-state index in [1.54, 1.807) is 36.7 Å². The van der Waals surface area contributed by atoms with Gasteiger partial charge in [0.05, 0.1) is 0 Å². The van der Waals surface area contributed by atoms with Crippen LogP contribution in [0.3, 0.4) is 0 Å². The van der Waals surface area contributed by atoms with Gasteiger partial charge in [-0.3, -0.25) is 9.71 Å². The summed E-state index contributed by atoms with van der Waals surface area (Å²) < 4.78 is 27.1. The Labute approximate surface area is 143 Å². The molecule has 0 radical (unpaired) electrons. The van der Waals surface area contributed by atoms with Gasteiger partial charge in [-0.25, -0.2) is 8.42 Å². The van der Waals surface area contributed by atoms with E-state index in [1.165, 1.54) is 11.3 Å². The van der Waals surface area contributed by atoms with Crippen molar-refractivity contribution in [2.75, 3.05) is 10.0 Å². The van der Waals surface area contributed by atoms with Gasteiger partial charge in [-0.2, -0.15) is 0 Å². The number of hydrogen-bond acceptors (Lipinski definition) is 7. The highest BCUT2D eigenvalue weighted by Gasteiger charge is 2.17. The molecule has 2 N–H and O–H groups in total. The van der Waals surface area contributed by atoms with Crippen molar-refractivity contribution >= 4 is 33.0 Å². The summed E-state index contributed by atoms with van der Waals surface area (Å²) in [5, 5.41) is 11.0. The van der Waals surface area contributed by atoms with Crippen molar-refractivity contribution in [1.29, 1.82) is 0 Å². The van der Waals surface area contributed by atoms with Gasteiger partial charge in [-0.15, -0.1) is 21.5 Å². The zero-order valence-corrected chi connectivity index (χ0v) is 14.4. The van der Waals surface area contributed by atoms with Gasteiger partial charge in [-0.05, 0) is 48.9 Å². The Morgan fingerprint density at radius 1 is 1.00 bits per heavy atom. The molecule has 0 aliphatic carbocycles. The maximum absolute atomic E-state index is 12.2. The zero-order valence-electron chi connectivity index (χ0n) is 12.8. The van der Waals surface area contributed by atoms with Crippen LogP contribution in [0.5, 0.6) is 0 Å². The number of hydrogen-bond donors (Lipinski definition) is 2. The number of pyridine rings is 1. The van der Waals surface area contributed by atoms with Gasteiger partial charge in [0.15, 0.2) is 5.82 Å². The van der Waals surface area contributed by atoms with Crippen LogP contribution in [-0.4, -0.2) is 23.6 Å². The second kappa shape index (κ2) is 6.93.